The molecule has 1 atom stereocenters. The zero-order valence-electron chi connectivity index (χ0n) is 11.6. The van der Waals surface area contributed by atoms with Gasteiger partial charge >= 0.3 is 0 Å². The van der Waals surface area contributed by atoms with Gasteiger partial charge in [0.25, 0.3) is 5.91 Å². The second kappa shape index (κ2) is 4.23. The molecule has 1 aromatic carbocycles. The number of nitrogens with zero attached hydrogens (tertiary/aromatic N) is 1. The lowest BCUT2D eigenvalue weighted by molar-refractivity contribution is -0.126. The van der Waals surface area contributed by atoms with Gasteiger partial charge in [0.1, 0.15) is 0 Å². The third-order valence-electron chi connectivity index (χ3n) is 3.90. The molecule has 2 amide bonds. The molecule has 1 unspecified atom stereocenters. The Morgan fingerprint density at radius 2 is 2.32 bits per heavy atom. The first-order chi connectivity index (χ1) is 9.52. The van der Waals surface area contributed by atoms with Gasteiger partial charge in [0.2, 0.25) is 5.91 Å². The van der Waals surface area contributed by atoms with E-state index in [9.17, 15) is 9.59 Å². The highest BCUT2D eigenvalue weighted by Gasteiger charge is 2.49. The number of hydrogen-bond acceptors (Lipinski definition) is 2. The lowest BCUT2D eigenvalue weighted by Gasteiger charge is -2.20. The fourth-order valence-electron chi connectivity index (χ4n) is 2.90. The third kappa shape index (κ3) is 1.93. The van der Waals surface area contributed by atoms with Crippen LogP contribution in [0.25, 0.3) is 0 Å². The van der Waals surface area contributed by atoms with Crippen molar-refractivity contribution in [2.24, 2.45) is 5.41 Å². The Morgan fingerprint density at radius 3 is 3.00 bits per heavy atom. The van der Waals surface area contributed by atoms with Crippen LogP contribution in [0.15, 0.2) is 42.6 Å². The van der Waals surface area contributed by atoms with Gasteiger partial charge in [-0.2, -0.15) is 0 Å². The fraction of sp³-hybridized carbons (Fsp3) is 0.333. The van der Waals surface area contributed by atoms with Gasteiger partial charge in [0, 0.05) is 30.8 Å². The Hall–Kier alpha value is -2.10. The maximum Gasteiger partial charge on any atom is 0.253 e. The summed E-state index contributed by atoms with van der Waals surface area (Å²) < 4.78 is 7.80. The Balaban J connectivity index is 1.81. The molecule has 0 saturated carbocycles. The molecule has 0 bridgehead atoms. The summed E-state index contributed by atoms with van der Waals surface area (Å²) in [5.41, 5.74) is 0.607. The Labute approximate surface area is 113 Å². The average Bonchev–Trinajstić information content (AvgIpc) is 2.95. The van der Waals surface area contributed by atoms with E-state index >= 15 is 0 Å². The number of hydrogen-bond donors (Lipinski definition) is 1. The highest BCUT2D eigenvalue weighted by atomic mass is 16.2. The van der Waals surface area contributed by atoms with Crippen molar-refractivity contribution in [3.63, 3.8) is 0 Å². The highest BCUT2D eigenvalue weighted by molar-refractivity contribution is 5.96. The summed E-state index contributed by atoms with van der Waals surface area (Å²) in [5.74, 6) is -0.199. The Bertz CT molecular complexity index is 614. The number of benzene rings is 1. The van der Waals surface area contributed by atoms with E-state index in [1.54, 1.807) is 29.2 Å². The second-order valence-corrected chi connectivity index (χ2v) is 5.27. The van der Waals surface area contributed by atoms with Crippen LogP contribution >= 0.6 is 0 Å². The largest absolute Gasteiger partial charge is 0.338 e. The first kappa shape index (κ1) is 10.8. The van der Waals surface area contributed by atoms with E-state index in [1.165, 1.54) is 0 Å². The van der Waals surface area contributed by atoms with Crippen LogP contribution in [0, 0.1) is 5.41 Å². The van der Waals surface area contributed by atoms with Crippen LogP contribution < -0.4 is 5.32 Å². The molecule has 98 valence electrons. The second-order valence-electron chi connectivity index (χ2n) is 5.27. The molecule has 4 nitrogen and oxygen atoms in total. The zero-order chi connectivity index (χ0) is 14.3. The summed E-state index contributed by atoms with van der Waals surface area (Å²) in [5, 5.41) is 2.75. The SMILES string of the molecule is [3H]c1ccccc1C(=O)N1CCC2(CC(=C)NC2=O)C1. The number of nitrogens with one attached hydrogen (secondary N) is 1. The number of amides is 2. The molecule has 1 aromatic rings. The van der Waals surface area contributed by atoms with Crippen molar-refractivity contribution in [3.8, 4) is 0 Å². The molecule has 4 heteroatoms. The van der Waals surface area contributed by atoms with Crippen molar-refractivity contribution < 1.29 is 11.0 Å². The van der Waals surface area contributed by atoms with E-state index in [2.05, 4.69) is 11.9 Å². The highest BCUT2D eigenvalue weighted by Crippen LogP contribution is 2.40. The van der Waals surface area contributed by atoms with E-state index in [4.69, 9.17) is 1.37 Å². The molecular formula is C15H16N2O2. The summed E-state index contributed by atoms with van der Waals surface area (Å²) in [7, 11) is 0. The molecule has 2 fully saturated rings. The third-order valence-corrected chi connectivity index (χ3v) is 3.90. The van der Waals surface area contributed by atoms with E-state index in [0.29, 0.717) is 31.5 Å². The van der Waals surface area contributed by atoms with Crippen LogP contribution in [0.5, 0.6) is 0 Å². The lowest BCUT2D eigenvalue weighted by atomic mass is 9.85. The van der Waals surface area contributed by atoms with Crippen molar-refractivity contribution >= 4 is 11.8 Å². The smallest absolute Gasteiger partial charge is 0.253 e. The normalized spacial score (nSPS) is 26.7. The maximum absolute atomic E-state index is 12.4. The van der Waals surface area contributed by atoms with Gasteiger partial charge in [-0.25, -0.2) is 0 Å². The Morgan fingerprint density at radius 1 is 1.47 bits per heavy atom. The fourth-order valence-corrected chi connectivity index (χ4v) is 2.90. The van der Waals surface area contributed by atoms with E-state index in [0.717, 1.165) is 5.70 Å². The molecule has 2 aliphatic rings. The van der Waals surface area contributed by atoms with Crippen LogP contribution in [-0.2, 0) is 4.79 Å². The van der Waals surface area contributed by atoms with Crippen molar-refractivity contribution in [1.29, 1.82) is 0 Å². The van der Waals surface area contributed by atoms with Crippen molar-refractivity contribution in [2.75, 3.05) is 13.1 Å². The zero-order valence-corrected chi connectivity index (χ0v) is 10.6. The van der Waals surface area contributed by atoms with Gasteiger partial charge in [-0.1, -0.05) is 24.8 Å². The number of allylic oxidation sites excluding steroid dienone is 1. The van der Waals surface area contributed by atoms with Crippen molar-refractivity contribution in [2.45, 2.75) is 12.8 Å². The van der Waals surface area contributed by atoms with Crippen LogP contribution in [0.2, 0.25) is 0 Å². The summed E-state index contributed by atoms with van der Waals surface area (Å²) >= 11 is 0. The predicted octanol–water partition coefficient (Wildman–Crippen LogP) is 1.55. The minimum atomic E-state index is -0.510. The molecular weight excluding hydrogens is 240 g/mol. The molecule has 1 N–H and O–H groups in total. The minimum absolute atomic E-state index is 0.0306. The first-order valence-electron chi connectivity index (χ1n) is 6.86. The monoisotopic (exact) mass is 258 g/mol. The van der Waals surface area contributed by atoms with Crippen LogP contribution in [0.4, 0.5) is 0 Å². The molecule has 2 aliphatic heterocycles. The molecule has 0 aliphatic carbocycles. The predicted molar refractivity (Wildman–Crippen MR) is 71.3 cm³/mol. The molecule has 2 saturated heterocycles. The molecule has 0 radical (unpaired) electrons. The van der Waals surface area contributed by atoms with Gasteiger partial charge in [-0.15, -0.1) is 0 Å². The van der Waals surface area contributed by atoms with Crippen LogP contribution in [0.3, 0.4) is 0 Å². The summed E-state index contributed by atoms with van der Waals surface area (Å²) in [6.45, 7) is 4.76. The lowest BCUT2D eigenvalue weighted by Crippen LogP contribution is -2.36. The van der Waals surface area contributed by atoms with Crippen LogP contribution in [0.1, 0.15) is 24.6 Å². The van der Waals surface area contributed by atoms with E-state index < -0.39 is 5.41 Å². The van der Waals surface area contributed by atoms with Crippen molar-refractivity contribution in [3.05, 3.63) is 48.1 Å². The molecule has 1 spiro atoms. The quantitative estimate of drug-likeness (QED) is 0.831. The van der Waals surface area contributed by atoms with E-state index in [-0.39, 0.29) is 17.9 Å². The van der Waals surface area contributed by atoms with E-state index in [1.807, 2.05) is 0 Å². The summed E-state index contributed by atoms with van der Waals surface area (Å²) in [6.07, 6.45) is 1.25. The van der Waals surface area contributed by atoms with Crippen LogP contribution in [-0.4, -0.2) is 29.8 Å². The summed E-state index contributed by atoms with van der Waals surface area (Å²) in [4.78, 5) is 26.2. The first-order valence-corrected chi connectivity index (χ1v) is 6.36. The number of likely N-dealkylation sites (tertiary alicyclic amines) is 1. The van der Waals surface area contributed by atoms with Gasteiger partial charge in [0.05, 0.1) is 6.79 Å². The number of carbonyl (C=O) groups excluding carboxylic acids is 2. The number of carbonyl (C=O) groups is 2. The van der Waals surface area contributed by atoms with Gasteiger partial charge in [-0.3, -0.25) is 9.59 Å². The molecule has 3 rings (SSSR count). The van der Waals surface area contributed by atoms with Crippen molar-refractivity contribution in [1.82, 2.24) is 10.2 Å². The van der Waals surface area contributed by atoms with Gasteiger partial charge in [0.15, 0.2) is 0 Å². The molecule has 0 aromatic heterocycles. The summed E-state index contributed by atoms with van der Waals surface area (Å²) in [6, 6.07) is 6.96. The topological polar surface area (TPSA) is 49.4 Å². The van der Waals surface area contributed by atoms with Gasteiger partial charge in [-0.05, 0) is 18.5 Å². The number of rotatable bonds is 1. The Kier molecular flexibility index (Phi) is 2.40. The maximum atomic E-state index is 12.4. The molecule has 19 heavy (non-hydrogen) atoms. The molecule has 2 heterocycles. The van der Waals surface area contributed by atoms with Gasteiger partial charge < -0.3 is 10.2 Å². The minimum Gasteiger partial charge on any atom is -0.338 e. The standard InChI is InChI=1S/C15H16N2O2/c1-11-9-15(14(19)16-11)7-8-17(10-15)13(18)12-5-3-2-4-6-12/h2-6H,1,7-10H2,(H,16,19)/i5T. The average molecular weight is 258 g/mol.